The SMILES string of the molecule is CC(C)CC(=O)N1CCC(N2C(=O)NC3(CCN(C(=O)c4ccccc4)CC3)C2=O)CC1. The Kier molecular flexibility index (Phi) is 6.22. The number of nitrogens with one attached hydrogen (secondary N) is 1. The van der Waals surface area contributed by atoms with Gasteiger partial charge in [0, 0.05) is 44.2 Å². The highest BCUT2D eigenvalue weighted by atomic mass is 16.2. The van der Waals surface area contributed by atoms with Crippen molar-refractivity contribution in [2.24, 2.45) is 5.92 Å². The summed E-state index contributed by atoms with van der Waals surface area (Å²) < 4.78 is 0. The van der Waals surface area contributed by atoms with Crippen LogP contribution in [0.4, 0.5) is 4.79 Å². The van der Waals surface area contributed by atoms with Crippen molar-refractivity contribution < 1.29 is 19.2 Å². The molecule has 0 aliphatic carbocycles. The van der Waals surface area contributed by atoms with Crippen molar-refractivity contribution in [1.29, 1.82) is 0 Å². The second kappa shape index (κ2) is 8.92. The molecule has 4 rings (SSSR count). The molecule has 0 aromatic heterocycles. The summed E-state index contributed by atoms with van der Waals surface area (Å²) in [4.78, 5) is 56.2. The maximum atomic E-state index is 13.4. The Morgan fingerprint density at radius 1 is 1.00 bits per heavy atom. The molecule has 1 N–H and O–H groups in total. The summed E-state index contributed by atoms with van der Waals surface area (Å²) in [5.74, 6) is 0.224. The van der Waals surface area contributed by atoms with Gasteiger partial charge in [0.05, 0.1) is 0 Å². The Morgan fingerprint density at radius 2 is 1.62 bits per heavy atom. The average molecular weight is 441 g/mol. The molecule has 0 unspecified atom stereocenters. The molecule has 172 valence electrons. The van der Waals surface area contributed by atoms with Crippen molar-refractivity contribution in [3.05, 3.63) is 35.9 Å². The number of carbonyl (C=O) groups is 4. The van der Waals surface area contributed by atoms with E-state index in [2.05, 4.69) is 5.32 Å². The fraction of sp³-hybridized carbons (Fsp3) is 0.583. The van der Waals surface area contributed by atoms with E-state index in [0.29, 0.717) is 69.8 Å². The molecule has 3 aliphatic rings. The van der Waals surface area contributed by atoms with Crippen LogP contribution in [0.15, 0.2) is 30.3 Å². The van der Waals surface area contributed by atoms with Crippen molar-refractivity contribution in [1.82, 2.24) is 20.0 Å². The lowest BCUT2D eigenvalue weighted by atomic mass is 9.86. The van der Waals surface area contributed by atoms with Gasteiger partial charge in [0.15, 0.2) is 0 Å². The first kappa shape index (κ1) is 22.3. The van der Waals surface area contributed by atoms with Crippen LogP contribution in [0, 0.1) is 5.92 Å². The van der Waals surface area contributed by atoms with Crippen LogP contribution in [0.2, 0.25) is 0 Å². The predicted molar refractivity (Wildman–Crippen MR) is 119 cm³/mol. The summed E-state index contributed by atoms with van der Waals surface area (Å²) in [6.07, 6.45) is 2.57. The number of imide groups is 1. The van der Waals surface area contributed by atoms with Crippen molar-refractivity contribution in [2.45, 2.75) is 57.5 Å². The molecular weight excluding hydrogens is 408 g/mol. The normalized spacial score (nSPS) is 21.4. The molecule has 0 bridgehead atoms. The number of amides is 5. The predicted octanol–water partition coefficient (Wildman–Crippen LogP) is 2.25. The zero-order valence-corrected chi connectivity index (χ0v) is 18.9. The number of benzene rings is 1. The lowest BCUT2D eigenvalue weighted by Gasteiger charge is -2.39. The van der Waals surface area contributed by atoms with E-state index in [4.69, 9.17) is 0 Å². The lowest BCUT2D eigenvalue weighted by molar-refractivity contribution is -0.136. The number of hydrogen-bond acceptors (Lipinski definition) is 4. The van der Waals surface area contributed by atoms with Gasteiger partial charge < -0.3 is 15.1 Å². The van der Waals surface area contributed by atoms with Crippen LogP contribution in [0.1, 0.15) is 56.3 Å². The third-order valence-corrected chi connectivity index (χ3v) is 6.88. The first-order chi connectivity index (χ1) is 15.3. The molecule has 5 amide bonds. The molecule has 0 radical (unpaired) electrons. The molecule has 32 heavy (non-hydrogen) atoms. The van der Waals surface area contributed by atoms with E-state index in [-0.39, 0.29) is 29.8 Å². The maximum Gasteiger partial charge on any atom is 0.325 e. The van der Waals surface area contributed by atoms with E-state index in [0.717, 1.165) is 0 Å². The van der Waals surface area contributed by atoms with Gasteiger partial charge in [-0.05, 0) is 43.7 Å². The van der Waals surface area contributed by atoms with Crippen molar-refractivity contribution in [3.63, 3.8) is 0 Å². The van der Waals surface area contributed by atoms with Crippen LogP contribution in [0.5, 0.6) is 0 Å². The fourth-order valence-electron chi connectivity index (χ4n) is 5.02. The van der Waals surface area contributed by atoms with Gasteiger partial charge in [0.25, 0.3) is 11.8 Å². The monoisotopic (exact) mass is 440 g/mol. The van der Waals surface area contributed by atoms with Crippen LogP contribution in [-0.2, 0) is 9.59 Å². The highest BCUT2D eigenvalue weighted by molar-refractivity contribution is 6.07. The minimum atomic E-state index is -0.921. The Morgan fingerprint density at radius 3 is 2.22 bits per heavy atom. The third kappa shape index (κ3) is 4.23. The minimum absolute atomic E-state index is 0.0486. The first-order valence-corrected chi connectivity index (χ1v) is 11.6. The number of likely N-dealkylation sites (tertiary alicyclic amines) is 2. The number of nitrogens with zero attached hydrogens (tertiary/aromatic N) is 3. The van der Waals surface area contributed by atoms with E-state index in [1.165, 1.54) is 4.90 Å². The molecule has 3 fully saturated rings. The maximum absolute atomic E-state index is 13.4. The van der Waals surface area contributed by atoms with Crippen molar-refractivity contribution >= 4 is 23.8 Å². The van der Waals surface area contributed by atoms with E-state index in [1.807, 2.05) is 36.9 Å². The Hall–Kier alpha value is -2.90. The molecule has 1 aromatic rings. The second-order valence-corrected chi connectivity index (χ2v) is 9.56. The average Bonchev–Trinajstić information content (AvgIpc) is 3.03. The molecule has 8 heteroatoms. The van der Waals surface area contributed by atoms with Crippen molar-refractivity contribution in [3.8, 4) is 0 Å². The molecular formula is C24H32N4O4. The summed E-state index contributed by atoms with van der Waals surface area (Å²) in [5.41, 5.74) is -0.291. The number of piperidine rings is 2. The van der Waals surface area contributed by atoms with Gasteiger partial charge in [-0.1, -0.05) is 32.0 Å². The van der Waals surface area contributed by atoms with Gasteiger partial charge >= 0.3 is 6.03 Å². The molecule has 1 spiro atoms. The Balaban J connectivity index is 1.36. The summed E-state index contributed by atoms with van der Waals surface area (Å²) in [5, 5.41) is 2.94. The van der Waals surface area contributed by atoms with Gasteiger partial charge in [-0.3, -0.25) is 19.3 Å². The highest BCUT2D eigenvalue weighted by Crippen LogP contribution is 2.33. The second-order valence-electron chi connectivity index (χ2n) is 9.56. The van der Waals surface area contributed by atoms with E-state index < -0.39 is 5.54 Å². The Bertz CT molecular complexity index is 885. The van der Waals surface area contributed by atoms with E-state index in [9.17, 15) is 19.2 Å². The van der Waals surface area contributed by atoms with Gasteiger partial charge in [-0.2, -0.15) is 0 Å². The number of urea groups is 1. The highest BCUT2D eigenvalue weighted by Gasteiger charge is 2.54. The van der Waals surface area contributed by atoms with Gasteiger partial charge in [0.1, 0.15) is 5.54 Å². The zero-order valence-electron chi connectivity index (χ0n) is 18.9. The quantitative estimate of drug-likeness (QED) is 0.727. The van der Waals surface area contributed by atoms with Gasteiger partial charge in [-0.15, -0.1) is 0 Å². The molecule has 1 aromatic carbocycles. The van der Waals surface area contributed by atoms with Gasteiger partial charge in [-0.25, -0.2) is 4.79 Å². The summed E-state index contributed by atoms with van der Waals surface area (Å²) in [7, 11) is 0. The van der Waals surface area contributed by atoms with Crippen LogP contribution >= 0.6 is 0 Å². The summed E-state index contributed by atoms with van der Waals surface area (Å²) in [6.45, 7) is 6.04. The Labute approximate surface area is 188 Å². The summed E-state index contributed by atoms with van der Waals surface area (Å²) in [6, 6.07) is 8.58. The van der Waals surface area contributed by atoms with Crippen LogP contribution in [-0.4, -0.2) is 76.2 Å². The van der Waals surface area contributed by atoms with E-state index in [1.54, 1.807) is 17.0 Å². The van der Waals surface area contributed by atoms with Crippen LogP contribution in [0.3, 0.4) is 0 Å². The molecule has 0 atom stereocenters. The molecule has 3 saturated heterocycles. The molecule has 3 heterocycles. The minimum Gasteiger partial charge on any atom is -0.343 e. The first-order valence-electron chi connectivity index (χ1n) is 11.6. The van der Waals surface area contributed by atoms with Crippen LogP contribution in [0.25, 0.3) is 0 Å². The van der Waals surface area contributed by atoms with Crippen LogP contribution < -0.4 is 5.32 Å². The topological polar surface area (TPSA) is 90.0 Å². The van der Waals surface area contributed by atoms with E-state index >= 15 is 0 Å². The standard InChI is InChI=1S/C24H32N4O4/c1-17(2)16-20(29)26-12-8-19(9-13-26)28-22(31)24(25-23(28)32)10-14-27(15-11-24)21(30)18-6-4-3-5-7-18/h3-7,17,19H,8-16H2,1-2H3,(H,25,32). The lowest BCUT2D eigenvalue weighted by Crippen LogP contribution is -2.56. The summed E-state index contributed by atoms with van der Waals surface area (Å²) >= 11 is 0. The van der Waals surface area contributed by atoms with Gasteiger partial charge in [0.2, 0.25) is 5.91 Å². The molecule has 0 saturated carbocycles. The number of rotatable bonds is 4. The fourth-order valence-corrected chi connectivity index (χ4v) is 5.02. The number of hydrogen-bond donors (Lipinski definition) is 1. The third-order valence-electron chi connectivity index (χ3n) is 6.88. The molecule has 3 aliphatic heterocycles. The largest absolute Gasteiger partial charge is 0.343 e. The smallest absolute Gasteiger partial charge is 0.325 e. The zero-order chi connectivity index (χ0) is 22.9. The molecule has 8 nitrogen and oxygen atoms in total. The number of carbonyl (C=O) groups excluding carboxylic acids is 4. The van der Waals surface area contributed by atoms with Crippen molar-refractivity contribution in [2.75, 3.05) is 26.2 Å².